The molecule has 0 aliphatic heterocycles. The van der Waals surface area contributed by atoms with E-state index in [-0.39, 0.29) is 18.2 Å². The molecule has 0 amide bonds. The summed E-state index contributed by atoms with van der Waals surface area (Å²) in [6.45, 7) is 2.23. The van der Waals surface area contributed by atoms with Crippen LogP contribution in [0.25, 0.3) is 11.0 Å². The predicted octanol–water partition coefficient (Wildman–Crippen LogP) is 3.14. The maximum Gasteiger partial charge on any atom is 0.336 e. The standard InChI is InChI=1S/C17H20O3S/c1-11(8-18)9-21-10-14-7-17(19)20-16-6-13-4-2-3-12(13)5-15(14)16/h5-7,11,18H,2-4,8-10H2,1H3. The quantitative estimate of drug-likeness (QED) is 0.862. The molecule has 0 bridgehead atoms. The first-order chi connectivity index (χ1) is 10.2. The molecule has 1 heterocycles. The Bertz CT molecular complexity index is 705. The van der Waals surface area contributed by atoms with Crippen molar-refractivity contribution < 1.29 is 9.52 Å². The monoisotopic (exact) mass is 304 g/mol. The number of aryl methyl sites for hydroxylation is 2. The van der Waals surface area contributed by atoms with Crippen molar-refractivity contribution in [1.29, 1.82) is 0 Å². The summed E-state index contributed by atoms with van der Waals surface area (Å²) in [7, 11) is 0. The molecule has 2 aromatic rings. The number of rotatable bonds is 5. The lowest BCUT2D eigenvalue weighted by Crippen LogP contribution is -2.05. The van der Waals surface area contributed by atoms with Gasteiger partial charge in [-0.25, -0.2) is 4.79 Å². The zero-order valence-corrected chi connectivity index (χ0v) is 13.0. The van der Waals surface area contributed by atoms with E-state index < -0.39 is 0 Å². The number of hydrogen-bond acceptors (Lipinski definition) is 4. The summed E-state index contributed by atoms with van der Waals surface area (Å²) in [5.74, 6) is 1.96. The van der Waals surface area contributed by atoms with Gasteiger partial charge in [0.15, 0.2) is 0 Å². The molecule has 0 saturated carbocycles. The first kappa shape index (κ1) is 14.7. The van der Waals surface area contributed by atoms with Gasteiger partial charge >= 0.3 is 5.63 Å². The van der Waals surface area contributed by atoms with Crippen molar-refractivity contribution in [2.24, 2.45) is 5.92 Å². The lowest BCUT2D eigenvalue weighted by Gasteiger charge is -2.10. The van der Waals surface area contributed by atoms with Gasteiger partial charge in [0.1, 0.15) is 5.58 Å². The Morgan fingerprint density at radius 2 is 2.05 bits per heavy atom. The Hall–Kier alpha value is -1.26. The second-order valence-electron chi connectivity index (χ2n) is 5.86. The molecular weight excluding hydrogens is 284 g/mol. The van der Waals surface area contributed by atoms with Gasteiger partial charge in [-0.1, -0.05) is 6.92 Å². The lowest BCUT2D eigenvalue weighted by atomic mass is 10.0. The van der Waals surface area contributed by atoms with E-state index in [4.69, 9.17) is 9.52 Å². The molecule has 0 fully saturated rings. The highest BCUT2D eigenvalue weighted by Gasteiger charge is 2.15. The van der Waals surface area contributed by atoms with Crippen LogP contribution >= 0.6 is 11.8 Å². The minimum Gasteiger partial charge on any atom is -0.423 e. The second-order valence-corrected chi connectivity index (χ2v) is 6.89. The van der Waals surface area contributed by atoms with E-state index in [0.29, 0.717) is 5.58 Å². The summed E-state index contributed by atoms with van der Waals surface area (Å²) in [6, 6.07) is 5.86. The largest absolute Gasteiger partial charge is 0.423 e. The Labute approximate surface area is 128 Å². The molecule has 1 N–H and O–H groups in total. The smallest absolute Gasteiger partial charge is 0.336 e. The van der Waals surface area contributed by atoms with Crippen LogP contribution in [0.3, 0.4) is 0 Å². The number of aliphatic hydroxyl groups is 1. The van der Waals surface area contributed by atoms with E-state index in [0.717, 1.165) is 35.3 Å². The Kier molecular flexibility index (Phi) is 4.36. The van der Waals surface area contributed by atoms with Gasteiger partial charge < -0.3 is 9.52 Å². The second kappa shape index (κ2) is 6.24. The fourth-order valence-corrected chi connectivity index (χ4v) is 3.92. The third-order valence-corrected chi connectivity index (χ3v) is 5.33. The molecular formula is C17H20O3S. The van der Waals surface area contributed by atoms with Crippen LogP contribution in [0.1, 0.15) is 30.0 Å². The average molecular weight is 304 g/mol. The SMILES string of the molecule is CC(CO)CSCc1cc(=O)oc2cc3c(cc12)CCC3. The average Bonchev–Trinajstić information content (AvgIpc) is 2.92. The first-order valence-electron chi connectivity index (χ1n) is 7.44. The number of fused-ring (bicyclic) bond motifs is 2. The molecule has 1 aliphatic carbocycles. The number of benzene rings is 1. The first-order valence-corrected chi connectivity index (χ1v) is 8.60. The van der Waals surface area contributed by atoms with Gasteiger partial charge in [-0.05, 0) is 59.8 Å². The van der Waals surface area contributed by atoms with Crippen molar-refractivity contribution in [3.05, 3.63) is 45.3 Å². The summed E-state index contributed by atoms with van der Waals surface area (Å²) >= 11 is 1.76. The van der Waals surface area contributed by atoms with E-state index in [2.05, 4.69) is 6.07 Å². The van der Waals surface area contributed by atoms with E-state index in [1.807, 2.05) is 13.0 Å². The third-order valence-electron chi connectivity index (χ3n) is 4.01. The van der Waals surface area contributed by atoms with Crippen molar-refractivity contribution in [2.45, 2.75) is 31.9 Å². The summed E-state index contributed by atoms with van der Waals surface area (Å²) in [5, 5.41) is 10.1. The normalized spacial score (nSPS) is 15.3. The van der Waals surface area contributed by atoms with Crippen molar-refractivity contribution >= 4 is 22.7 Å². The summed E-state index contributed by atoms with van der Waals surface area (Å²) in [5.41, 5.74) is 4.21. The Morgan fingerprint density at radius 1 is 1.29 bits per heavy atom. The highest BCUT2D eigenvalue weighted by Crippen LogP contribution is 2.30. The molecule has 3 rings (SSSR count). The van der Waals surface area contributed by atoms with Gasteiger partial charge in [0.05, 0.1) is 0 Å². The molecule has 112 valence electrons. The topological polar surface area (TPSA) is 50.4 Å². The fourth-order valence-electron chi connectivity index (χ4n) is 2.84. The summed E-state index contributed by atoms with van der Waals surface area (Å²) in [4.78, 5) is 11.7. The van der Waals surface area contributed by atoms with Crippen molar-refractivity contribution in [3.63, 3.8) is 0 Å². The molecule has 1 aromatic carbocycles. The molecule has 0 saturated heterocycles. The summed E-state index contributed by atoms with van der Waals surface area (Å²) in [6.07, 6.45) is 3.40. The number of hydrogen-bond donors (Lipinski definition) is 1. The molecule has 1 aliphatic rings. The van der Waals surface area contributed by atoms with Crippen LogP contribution in [0.4, 0.5) is 0 Å². The van der Waals surface area contributed by atoms with Crippen LogP contribution in [-0.4, -0.2) is 17.5 Å². The van der Waals surface area contributed by atoms with Gasteiger partial charge in [0.2, 0.25) is 0 Å². The van der Waals surface area contributed by atoms with Crippen LogP contribution in [0.15, 0.2) is 27.4 Å². The van der Waals surface area contributed by atoms with E-state index in [1.54, 1.807) is 17.8 Å². The van der Waals surface area contributed by atoms with Gasteiger partial charge in [-0.15, -0.1) is 0 Å². The zero-order chi connectivity index (χ0) is 14.8. The van der Waals surface area contributed by atoms with Gasteiger partial charge in [0.25, 0.3) is 0 Å². The molecule has 21 heavy (non-hydrogen) atoms. The van der Waals surface area contributed by atoms with Crippen molar-refractivity contribution in [1.82, 2.24) is 0 Å². The van der Waals surface area contributed by atoms with Crippen LogP contribution in [0.5, 0.6) is 0 Å². The van der Waals surface area contributed by atoms with Crippen LogP contribution in [-0.2, 0) is 18.6 Å². The molecule has 1 unspecified atom stereocenters. The molecule has 0 radical (unpaired) electrons. The molecule has 4 heteroatoms. The van der Waals surface area contributed by atoms with E-state index >= 15 is 0 Å². The third kappa shape index (κ3) is 3.16. The minimum atomic E-state index is -0.272. The van der Waals surface area contributed by atoms with Crippen molar-refractivity contribution in [2.75, 3.05) is 12.4 Å². The molecule has 3 nitrogen and oxygen atoms in total. The van der Waals surface area contributed by atoms with Gasteiger partial charge in [-0.3, -0.25) is 0 Å². The highest BCUT2D eigenvalue weighted by atomic mass is 32.2. The van der Waals surface area contributed by atoms with Crippen LogP contribution in [0, 0.1) is 5.92 Å². The fraction of sp³-hybridized carbons (Fsp3) is 0.471. The highest BCUT2D eigenvalue weighted by molar-refractivity contribution is 7.98. The molecule has 1 atom stereocenters. The molecule has 1 aromatic heterocycles. The Morgan fingerprint density at radius 3 is 2.81 bits per heavy atom. The summed E-state index contributed by atoms with van der Waals surface area (Å²) < 4.78 is 5.37. The maximum atomic E-state index is 11.7. The minimum absolute atomic E-state index is 0.207. The molecule has 0 spiro atoms. The van der Waals surface area contributed by atoms with Crippen LogP contribution < -0.4 is 5.63 Å². The Balaban J connectivity index is 1.92. The lowest BCUT2D eigenvalue weighted by molar-refractivity contribution is 0.250. The van der Waals surface area contributed by atoms with Gasteiger partial charge in [0, 0.05) is 23.8 Å². The maximum absolute atomic E-state index is 11.7. The zero-order valence-electron chi connectivity index (χ0n) is 12.2. The number of aliphatic hydroxyl groups excluding tert-OH is 1. The van der Waals surface area contributed by atoms with E-state index in [9.17, 15) is 4.79 Å². The van der Waals surface area contributed by atoms with E-state index in [1.165, 1.54) is 17.5 Å². The van der Waals surface area contributed by atoms with Crippen molar-refractivity contribution in [3.8, 4) is 0 Å². The predicted molar refractivity (Wildman–Crippen MR) is 86.9 cm³/mol. The van der Waals surface area contributed by atoms with Crippen LogP contribution in [0.2, 0.25) is 0 Å². The number of thioether (sulfide) groups is 1. The van der Waals surface area contributed by atoms with Gasteiger partial charge in [-0.2, -0.15) is 11.8 Å².